The molecule has 0 saturated heterocycles. The lowest BCUT2D eigenvalue weighted by Gasteiger charge is -2.12. The molecule has 0 aromatic carbocycles. The predicted molar refractivity (Wildman–Crippen MR) is 47.6 cm³/mol. The molecule has 5 heteroatoms. The lowest BCUT2D eigenvalue weighted by atomic mass is 10.1. The lowest BCUT2D eigenvalue weighted by molar-refractivity contribution is 0.00725. The van der Waals surface area contributed by atoms with Gasteiger partial charge in [0.15, 0.2) is 0 Å². The lowest BCUT2D eigenvalue weighted by Crippen LogP contribution is -2.36. The highest BCUT2D eigenvalue weighted by Crippen LogP contribution is 2.38. The summed E-state index contributed by atoms with van der Waals surface area (Å²) in [4.78, 5) is 4.04. The predicted octanol–water partition coefficient (Wildman–Crippen LogP) is 1.30. The number of nitrogens with zero attached hydrogens (tertiary/aromatic N) is 1. The van der Waals surface area contributed by atoms with Crippen LogP contribution < -0.4 is 11.3 Å². The number of amidine groups is 1. The Morgan fingerprint density at radius 1 is 1.69 bits per heavy atom. The largest absolute Gasteiger partial charge is 0.312 e. The summed E-state index contributed by atoms with van der Waals surface area (Å²) in [5.74, 6) is 2.99. The molecule has 1 saturated carbocycles. The monoisotopic (exact) mass is 191 g/mol. The van der Waals surface area contributed by atoms with Crippen LogP contribution in [0.4, 0.5) is 8.78 Å². The topological polar surface area (TPSA) is 50.4 Å². The molecule has 0 heterocycles. The minimum absolute atomic E-state index is 0.0535. The van der Waals surface area contributed by atoms with Crippen LogP contribution in [0.5, 0.6) is 0 Å². The minimum Gasteiger partial charge on any atom is -0.312 e. The summed E-state index contributed by atoms with van der Waals surface area (Å²) in [5, 5.41) is 0. The third-order valence-electron chi connectivity index (χ3n) is 2.27. The molecule has 1 aliphatic carbocycles. The Kier molecular flexibility index (Phi) is 3.19. The van der Waals surface area contributed by atoms with E-state index in [2.05, 4.69) is 10.4 Å². The standard InChI is InChI=1S/C8H15F2N3/c1-2-12-7(13-11)6-3-4-8(9,10)5-6/h6H,2-5,11H2,1H3,(H,12,13). The zero-order valence-corrected chi connectivity index (χ0v) is 7.69. The van der Waals surface area contributed by atoms with E-state index in [4.69, 9.17) is 5.84 Å². The van der Waals surface area contributed by atoms with Crippen molar-refractivity contribution in [2.75, 3.05) is 6.54 Å². The maximum atomic E-state index is 12.8. The fraction of sp³-hybridized carbons (Fsp3) is 0.875. The van der Waals surface area contributed by atoms with Gasteiger partial charge in [-0.2, -0.15) is 0 Å². The molecule has 1 atom stereocenters. The van der Waals surface area contributed by atoms with E-state index in [-0.39, 0.29) is 18.8 Å². The SMILES string of the molecule is CCN=C(NN)C1CCC(F)(F)C1. The van der Waals surface area contributed by atoms with E-state index in [9.17, 15) is 8.78 Å². The fourth-order valence-corrected chi connectivity index (χ4v) is 1.65. The van der Waals surface area contributed by atoms with Crippen molar-refractivity contribution in [3.8, 4) is 0 Å². The number of rotatable bonds is 2. The molecule has 0 radical (unpaired) electrons. The second-order valence-corrected chi connectivity index (χ2v) is 3.30. The highest BCUT2D eigenvalue weighted by Gasteiger charge is 2.41. The quantitative estimate of drug-likeness (QED) is 0.299. The third-order valence-corrected chi connectivity index (χ3v) is 2.27. The van der Waals surface area contributed by atoms with Crippen molar-refractivity contribution in [2.24, 2.45) is 16.8 Å². The first-order chi connectivity index (χ1) is 6.09. The normalized spacial score (nSPS) is 27.7. The molecule has 3 nitrogen and oxygen atoms in total. The smallest absolute Gasteiger partial charge is 0.248 e. The van der Waals surface area contributed by atoms with E-state index in [1.54, 1.807) is 0 Å². The third kappa shape index (κ3) is 2.62. The van der Waals surface area contributed by atoms with Gasteiger partial charge in [-0.25, -0.2) is 14.6 Å². The Hall–Kier alpha value is -0.710. The summed E-state index contributed by atoms with van der Waals surface area (Å²) in [7, 11) is 0. The molecule has 76 valence electrons. The molecule has 0 aliphatic heterocycles. The van der Waals surface area contributed by atoms with Crippen molar-refractivity contribution in [2.45, 2.75) is 32.1 Å². The molecule has 1 rings (SSSR count). The molecular formula is C8H15F2N3. The van der Waals surface area contributed by atoms with Gasteiger partial charge < -0.3 is 5.43 Å². The first-order valence-electron chi connectivity index (χ1n) is 4.48. The summed E-state index contributed by atoms with van der Waals surface area (Å²) >= 11 is 0. The first-order valence-corrected chi connectivity index (χ1v) is 4.48. The van der Waals surface area contributed by atoms with Gasteiger partial charge in [0.2, 0.25) is 5.92 Å². The van der Waals surface area contributed by atoms with Crippen molar-refractivity contribution in [1.29, 1.82) is 0 Å². The van der Waals surface area contributed by atoms with Gasteiger partial charge in [-0.1, -0.05) is 0 Å². The van der Waals surface area contributed by atoms with Crippen LogP contribution in [0, 0.1) is 5.92 Å². The van der Waals surface area contributed by atoms with Gasteiger partial charge in [-0.05, 0) is 13.3 Å². The van der Waals surface area contributed by atoms with Crippen LogP contribution in [0.15, 0.2) is 4.99 Å². The van der Waals surface area contributed by atoms with Gasteiger partial charge in [0.05, 0.1) is 0 Å². The number of nitrogens with one attached hydrogen (secondary N) is 1. The van der Waals surface area contributed by atoms with Crippen LogP contribution in [0.1, 0.15) is 26.2 Å². The highest BCUT2D eigenvalue weighted by molar-refractivity contribution is 5.84. The number of aliphatic imine (C=N–C) groups is 1. The Balaban J connectivity index is 2.58. The number of hydrazine groups is 1. The Morgan fingerprint density at radius 2 is 2.38 bits per heavy atom. The van der Waals surface area contributed by atoms with Crippen molar-refractivity contribution >= 4 is 5.84 Å². The fourth-order valence-electron chi connectivity index (χ4n) is 1.65. The maximum absolute atomic E-state index is 12.8. The number of nitrogens with two attached hydrogens (primary N) is 1. The van der Waals surface area contributed by atoms with Crippen LogP contribution in [-0.4, -0.2) is 18.3 Å². The van der Waals surface area contributed by atoms with Gasteiger partial charge in [-0.15, -0.1) is 0 Å². The molecule has 0 bridgehead atoms. The summed E-state index contributed by atoms with van der Waals surface area (Å²) in [6, 6.07) is 0. The Labute approximate surface area is 76.4 Å². The summed E-state index contributed by atoms with van der Waals surface area (Å²) < 4.78 is 25.6. The first kappa shape index (κ1) is 10.4. The second-order valence-electron chi connectivity index (χ2n) is 3.30. The van der Waals surface area contributed by atoms with Crippen molar-refractivity contribution in [1.82, 2.24) is 5.43 Å². The van der Waals surface area contributed by atoms with E-state index in [1.165, 1.54) is 0 Å². The van der Waals surface area contributed by atoms with Gasteiger partial charge in [-0.3, -0.25) is 4.99 Å². The number of hydrogen-bond donors (Lipinski definition) is 2. The van der Waals surface area contributed by atoms with Crippen LogP contribution in [-0.2, 0) is 0 Å². The molecule has 0 aromatic rings. The molecule has 3 N–H and O–H groups in total. The highest BCUT2D eigenvalue weighted by atomic mass is 19.3. The number of halogens is 2. The molecule has 0 spiro atoms. The molecule has 0 aromatic heterocycles. The van der Waals surface area contributed by atoms with E-state index in [0.29, 0.717) is 18.8 Å². The van der Waals surface area contributed by atoms with Crippen molar-refractivity contribution in [3.05, 3.63) is 0 Å². The second kappa shape index (κ2) is 4.00. The van der Waals surface area contributed by atoms with Crippen LogP contribution in [0.3, 0.4) is 0 Å². The summed E-state index contributed by atoms with van der Waals surface area (Å²) in [6.07, 6.45) is 0.286. The van der Waals surface area contributed by atoms with E-state index < -0.39 is 5.92 Å². The van der Waals surface area contributed by atoms with Crippen LogP contribution >= 0.6 is 0 Å². The van der Waals surface area contributed by atoms with E-state index in [1.807, 2.05) is 6.92 Å². The van der Waals surface area contributed by atoms with Gasteiger partial charge in [0.1, 0.15) is 5.84 Å². The van der Waals surface area contributed by atoms with E-state index >= 15 is 0 Å². The number of hydrogen-bond acceptors (Lipinski definition) is 2. The maximum Gasteiger partial charge on any atom is 0.248 e. The number of alkyl halides is 2. The van der Waals surface area contributed by atoms with Crippen molar-refractivity contribution in [3.63, 3.8) is 0 Å². The molecular weight excluding hydrogens is 176 g/mol. The van der Waals surface area contributed by atoms with E-state index in [0.717, 1.165) is 0 Å². The Bertz CT molecular complexity index is 204. The van der Waals surface area contributed by atoms with Gasteiger partial charge in [0.25, 0.3) is 0 Å². The zero-order chi connectivity index (χ0) is 9.90. The molecule has 1 unspecified atom stereocenters. The Morgan fingerprint density at radius 3 is 2.77 bits per heavy atom. The summed E-state index contributed by atoms with van der Waals surface area (Å²) in [5.41, 5.74) is 2.40. The minimum atomic E-state index is -2.53. The zero-order valence-electron chi connectivity index (χ0n) is 7.69. The van der Waals surface area contributed by atoms with Crippen molar-refractivity contribution < 1.29 is 8.78 Å². The summed E-state index contributed by atoms with van der Waals surface area (Å²) in [6.45, 7) is 2.42. The molecule has 13 heavy (non-hydrogen) atoms. The molecule has 0 amide bonds. The van der Waals surface area contributed by atoms with Gasteiger partial charge >= 0.3 is 0 Å². The average Bonchev–Trinajstić information content (AvgIpc) is 2.42. The van der Waals surface area contributed by atoms with Crippen LogP contribution in [0.25, 0.3) is 0 Å². The average molecular weight is 191 g/mol. The molecule has 1 fully saturated rings. The van der Waals surface area contributed by atoms with Gasteiger partial charge in [0, 0.05) is 25.3 Å². The van der Waals surface area contributed by atoms with Crippen LogP contribution in [0.2, 0.25) is 0 Å². The molecule has 1 aliphatic rings.